The molecule has 1 atom stereocenters. The standard InChI is InChI=1S/C15H22N2O3/c1-11-6-8-13(16(11)2)15(20)17-10-4-3-5-12(17)7-9-14(18)19/h6,8,12H,3-5,7,9-10H2,1-2H3,(H,18,19). The van der Waals surface area contributed by atoms with Crippen molar-refractivity contribution in [2.24, 2.45) is 7.05 Å². The van der Waals surface area contributed by atoms with Crippen molar-refractivity contribution in [3.05, 3.63) is 23.5 Å². The molecule has 1 N–H and O–H groups in total. The van der Waals surface area contributed by atoms with Gasteiger partial charge in [0.25, 0.3) is 5.91 Å². The minimum absolute atomic E-state index is 0.0238. The average Bonchev–Trinajstić information content (AvgIpc) is 2.76. The highest BCUT2D eigenvalue weighted by molar-refractivity contribution is 5.93. The molecule has 2 rings (SSSR count). The van der Waals surface area contributed by atoms with E-state index in [-0.39, 0.29) is 18.4 Å². The zero-order valence-corrected chi connectivity index (χ0v) is 12.1. The molecule has 1 aromatic heterocycles. The van der Waals surface area contributed by atoms with Gasteiger partial charge in [0.2, 0.25) is 0 Å². The Kier molecular flexibility index (Phi) is 4.47. The second-order valence-corrected chi connectivity index (χ2v) is 5.50. The highest BCUT2D eigenvalue weighted by Gasteiger charge is 2.29. The number of aliphatic carboxylic acids is 1. The SMILES string of the molecule is Cc1ccc(C(=O)N2CCCCC2CCC(=O)O)n1C. The Balaban J connectivity index is 2.13. The summed E-state index contributed by atoms with van der Waals surface area (Å²) in [5.74, 6) is -0.770. The van der Waals surface area contributed by atoms with Gasteiger partial charge in [0.15, 0.2) is 0 Å². The lowest BCUT2D eigenvalue weighted by molar-refractivity contribution is -0.137. The van der Waals surface area contributed by atoms with Gasteiger partial charge in [-0.15, -0.1) is 0 Å². The lowest BCUT2D eigenvalue weighted by Crippen LogP contribution is -2.44. The second kappa shape index (κ2) is 6.11. The molecule has 0 spiro atoms. The van der Waals surface area contributed by atoms with Crippen LogP contribution in [-0.2, 0) is 11.8 Å². The molecule has 1 amide bonds. The summed E-state index contributed by atoms with van der Waals surface area (Å²) in [4.78, 5) is 25.2. The molecule has 5 heteroatoms. The highest BCUT2D eigenvalue weighted by Crippen LogP contribution is 2.23. The van der Waals surface area contributed by atoms with E-state index >= 15 is 0 Å². The molecule has 0 aromatic carbocycles. The molecular weight excluding hydrogens is 256 g/mol. The first-order valence-corrected chi connectivity index (χ1v) is 7.16. The van der Waals surface area contributed by atoms with Crippen molar-refractivity contribution < 1.29 is 14.7 Å². The number of carbonyl (C=O) groups excluding carboxylic acids is 1. The van der Waals surface area contributed by atoms with Crippen molar-refractivity contribution in [3.63, 3.8) is 0 Å². The van der Waals surface area contributed by atoms with Crippen LogP contribution in [0.15, 0.2) is 12.1 Å². The first-order chi connectivity index (χ1) is 9.50. The Labute approximate surface area is 119 Å². The number of likely N-dealkylation sites (tertiary alicyclic amines) is 1. The normalized spacial score (nSPS) is 19.1. The van der Waals surface area contributed by atoms with Crippen molar-refractivity contribution in [3.8, 4) is 0 Å². The van der Waals surface area contributed by atoms with Gasteiger partial charge in [0.1, 0.15) is 5.69 Å². The number of piperidine rings is 1. The van der Waals surface area contributed by atoms with E-state index in [9.17, 15) is 9.59 Å². The molecule has 1 unspecified atom stereocenters. The first kappa shape index (κ1) is 14.6. The number of amides is 1. The maximum absolute atomic E-state index is 12.6. The molecule has 1 saturated heterocycles. The number of carboxylic acids is 1. The van der Waals surface area contributed by atoms with E-state index in [2.05, 4.69) is 0 Å². The molecule has 1 fully saturated rings. The smallest absolute Gasteiger partial charge is 0.303 e. The van der Waals surface area contributed by atoms with Gasteiger partial charge in [-0.3, -0.25) is 9.59 Å². The van der Waals surface area contributed by atoms with E-state index in [0.29, 0.717) is 12.1 Å². The molecule has 0 radical (unpaired) electrons. The Morgan fingerprint density at radius 2 is 2.10 bits per heavy atom. The summed E-state index contributed by atoms with van der Waals surface area (Å²) in [6, 6.07) is 3.84. The molecule has 20 heavy (non-hydrogen) atoms. The van der Waals surface area contributed by atoms with Crippen molar-refractivity contribution in [2.45, 2.75) is 45.1 Å². The van der Waals surface area contributed by atoms with Crippen LogP contribution in [0.2, 0.25) is 0 Å². The van der Waals surface area contributed by atoms with E-state index in [1.807, 2.05) is 35.6 Å². The van der Waals surface area contributed by atoms with Gasteiger partial charge >= 0.3 is 5.97 Å². The number of hydrogen-bond donors (Lipinski definition) is 1. The van der Waals surface area contributed by atoms with Crippen molar-refractivity contribution in [1.82, 2.24) is 9.47 Å². The van der Waals surface area contributed by atoms with Crippen LogP contribution in [0.5, 0.6) is 0 Å². The van der Waals surface area contributed by atoms with Crippen molar-refractivity contribution >= 4 is 11.9 Å². The summed E-state index contributed by atoms with van der Waals surface area (Å²) >= 11 is 0. The molecular formula is C15H22N2O3. The summed E-state index contributed by atoms with van der Waals surface area (Å²) in [6.07, 6.45) is 3.65. The van der Waals surface area contributed by atoms with E-state index in [4.69, 9.17) is 5.11 Å². The number of carboxylic acid groups (broad SMARTS) is 1. The molecule has 1 aliphatic rings. The van der Waals surface area contributed by atoms with Crippen LogP contribution in [0.4, 0.5) is 0 Å². The van der Waals surface area contributed by atoms with E-state index in [1.165, 1.54) is 0 Å². The predicted octanol–water partition coefficient (Wildman–Crippen LogP) is 2.19. The van der Waals surface area contributed by atoms with Gasteiger partial charge in [0.05, 0.1) is 0 Å². The monoisotopic (exact) mass is 278 g/mol. The summed E-state index contributed by atoms with van der Waals surface area (Å²) in [5.41, 5.74) is 1.73. The minimum atomic E-state index is -0.794. The quantitative estimate of drug-likeness (QED) is 0.918. The number of aromatic nitrogens is 1. The van der Waals surface area contributed by atoms with Crippen LogP contribution in [0.3, 0.4) is 0 Å². The minimum Gasteiger partial charge on any atom is -0.481 e. The molecule has 0 bridgehead atoms. The van der Waals surface area contributed by atoms with Gasteiger partial charge in [-0.05, 0) is 44.7 Å². The first-order valence-electron chi connectivity index (χ1n) is 7.16. The zero-order chi connectivity index (χ0) is 14.7. The topological polar surface area (TPSA) is 62.5 Å². The molecule has 0 aliphatic carbocycles. The Morgan fingerprint density at radius 3 is 2.70 bits per heavy atom. The van der Waals surface area contributed by atoms with Crippen LogP contribution < -0.4 is 0 Å². The fourth-order valence-electron chi connectivity index (χ4n) is 2.83. The van der Waals surface area contributed by atoms with Crippen LogP contribution in [0.25, 0.3) is 0 Å². The van der Waals surface area contributed by atoms with Crippen LogP contribution in [0, 0.1) is 6.92 Å². The lowest BCUT2D eigenvalue weighted by Gasteiger charge is -2.35. The average molecular weight is 278 g/mol. The van der Waals surface area contributed by atoms with Crippen molar-refractivity contribution in [1.29, 1.82) is 0 Å². The molecule has 110 valence electrons. The van der Waals surface area contributed by atoms with Gasteiger partial charge in [-0.1, -0.05) is 0 Å². The Bertz CT molecular complexity index is 507. The third kappa shape index (κ3) is 3.03. The molecule has 2 heterocycles. The molecule has 1 aliphatic heterocycles. The Morgan fingerprint density at radius 1 is 1.35 bits per heavy atom. The summed E-state index contributed by atoms with van der Waals surface area (Å²) in [5, 5.41) is 8.83. The number of hydrogen-bond acceptors (Lipinski definition) is 2. The lowest BCUT2D eigenvalue weighted by atomic mass is 9.97. The van der Waals surface area contributed by atoms with Crippen LogP contribution >= 0.6 is 0 Å². The maximum atomic E-state index is 12.6. The summed E-state index contributed by atoms with van der Waals surface area (Å²) < 4.78 is 1.89. The Hall–Kier alpha value is -1.78. The van der Waals surface area contributed by atoms with E-state index in [0.717, 1.165) is 31.5 Å². The number of nitrogens with zero attached hydrogens (tertiary/aromatic N) is 2. The number of rotatable bonds is 4. The molecule has 1 aromatic rings. The van der Waals surface area contributed by atoms with E-state index < -0.39 is 5.97 Å². The van der Waals surface area contributed by atoms with Crippen molar-refractivity contribution in [2.75, 3.05) is 6.54 Å². The van der Waals surface area contributed by atoms with E-state index in [1.54, 1.807) is 0 Å². The van der Waals surface area contributed by atoms with Crippen LogP contribution in [-0.4, -0.2) is 39.0 Å². The zero-order valence-electron chi connectivity index (χ0n) is 12.1. The molecule has 5 nitrogen and oxygen atoms in total. The highest BCUT2D eigenvalue weighted by atomic mass is 16.4. The molecule has 0 saturated carbocycles. The third-order valence-corrected chi connectivity index (χ3v) is 4.17. The van der Waals surface area contributed by atoms with Crippen LogP contribution in [0.1, 0.15) is 48.3 Å². The van der Waals surface area contributed by atoms with Gasteiger partial charge < -0.3 is 14.6 Å². The second-order valence-electron chi connectivity index (χ2n) is 5.50. The predicted molar refractivity (Wildman–Crippen MR) is 75.7 cm³/mol. The van der Waals surface area contributed by atoms with Gasteiger partial charge in [0, 0.05) is 31.7 Å². The fraction of sp³-hybridized carbons (Fsp3) is 0.600. The number of carbonyl (C=O) groups is 2. The maximum Gasteiger partial charge on any atom is 0.303 e. The number of aryl methyl sites for hydroxylation is 1. The van der Waals surface area contributed by atoms with Gasteiger partial charge in [-0.25, -0.2) is 0 Å². The largest absolute Gasteiger partial charge is 0.481 e. The fourth-order valence-corrected chi connectivity index (χ4v) is 2.83. The van der Waals surface area contributed by atoms with Gasteiger partial charge in [-0.2, -0.15) is 0 Å². The summed E-state index contributed by atoms with van der Waals surface area (Å²) in [6.45, 7) is 2.70. The third-order valence-electron chi connectivity index (χ3n) is 4.17. The summed E-state index contributed by atoms with van der Waals surface area (Å²) in [7, 11) is 1.89.